The second-order valence-corrected chi connectivity index (χ2v) is 7.32. The molecule has 5 aliphatic rings. The Balaban J connectivity index is 1.51. The normalized spacial score (nSPS) is 46.0. The van der Waals surface area contributed by atoms with Crippen LogP contribution in [0.3, 0.4) is 0 Å². The number of hydrogen-bond donors (Lipinski definition) is 0. The minimum absolute atomic E-state index is 0.0998. The van der Waals surface area contributed by atoms with E-state index in [9.17, 15) is 9.59 Å². The van der Waals surface area contributed by atoms with Gasteiger partial charge in [-0.25, -0.2) is 0 Å². The topological polar surface area (TPSA) is 61.2 Å². The lowest BCUT2D eigenvalue weighted by Gasteiger charge is -2.55. The minimum atomic E-state index is -0.723. The lowest BCUT2D eigenvalue weighted by Crippen LogP contribution is -2.50. The van der Waals surface area contributed by atoms with E-state index in [-0.39, 0.29) is 18.2 Å². The number of nitriles is 1. The molecule has 5 fully saturated rings. The first kappa shape index (κ1) is 12.4. The van der Waals surface area contributed by atoms with Gasteiger partial charge >= 0.3 is 0 Å². The zero-order chi connectivity index (χ0) is 13.9. The SMILES string of the molecule is N#CC1CC(=O)N(CC2C3CC4CC(C3)CC2C4)C1=O. The van der Waals surface area contributed by atoms with Crippen molar-refractivity contribution < 1.29 is 9.59 Å². The molecule has 1 unspecified atom stereocenters. The van der Waals surface area contributed by atoms with Crippen molar-refractivity contribution in [2.24, 2.45) is 35.5 Å². The molecular formula is C16H20N2O2. The third-order valence-electron chi connectivity index (χ3n) is 6.22. The van der Waals surface area contributed by atoms with Crippen molar-refractivity contribution in [2.45, 2.75) is 38.5 Å². The highest BCUT2D eigenvalue weighted by Gasteiger charge is 2.50. The number of carbonyl (C=O) groups excluding carboxylic acids is 2. The fraction of sp³-hybridized carbons (Fsp3) is 0.812. The summed E-state index contributed by atoms with van der Waals surface area (Å²) in [6.45, 7) is 0.588. The van der Waals surface area contributed by atoms with Gasteiger partial charge in [0.15, 0.2) is 0 Å². The quantitative estimate of drug-likeness (QED) is 0.722. The molecule has 0 radical (unpaired) electrons. The van der Waals surface area contributed by atoms with Gasteiger partial charge in [0.1, 0.15) is 5.92 Å². The Labute approximate surface area is 119 Å². The molecule has 0 spiro atoms. The van der Waals surface area contributed by atoms with E-state index in [2.05, 4.69) is 0 Å². The predicted molar refractivity (Wildman–Crippen MR) is 71.0 cm³/mol. The Bertz CT molecular complexity index is 479. The van der Waals surface area contributed by atoms with Gasteiger partial charge in [0.25, 0.3) is 0 Å². The summed E-state index contributed by atoms with van der Waals surface area (Å²) < 4.78 is 0. The maximum absolute atomic E-state index is 12.1. The molecule has 2 amide bonds. The summed E-state index contributed by atoms with van der Waals surface area (Å²) in [4.78, 5) is 25.5. The molecule has 4 nitrogen and oxygen atoms in total. The summed E-state index contributed by atoms with van der Waals surface area (Å²) in [5.41, 5.74) is 0. The largest absolute Gasteiger partial charge is 0.281 e. The van der Waals surface area contributed by atoms with Crippen LogP contribution >= 0.6 is 0 Å². The lowest BCUT2D eigenvalue weighted by atomic mass is 9.52. The molecule has 4 bridgehead atoms. The maximum Gasteiger partial charge on any atom is 0.247 e. The maximum atomic E-state index is 12.1. The molecule has 4 heteroatoms. The van der Waals surface area contributed by atoms with Gasteiger partial charge < -0.3 is 0 Å². The van der Waals surface area contributed by atoms with E-state index in [0.717, 1.165) is 11.8 Å². The van der Waals surface area contributed by atoms with Gasteiger partial charge in [-0.1, -0.05) is 0 Å². The van der Waals surface area contributed by atoms with Crippen LogP contribution in [-0.4, -0.2) is 23.3 Å². The molecule has 4 aliphatic carbocycles. The van der Waals surface area contributed by atoms with Crippen LogP contribution in [0, 0.1) is 46.8 Å². The molecule has 106 valence electrons. The molecule has 1 aliphatic heterocycles. The molecule has 4 saturated carbocycles. The first-order chi connectivity index (χ1) is 9.65. The van der Waals surface area contributed by atoms with E-state index in [1.54, 1.807) is 0 Å². The van der Waals surface area contributed by atoms with Gasteiger partial charge in [-0.15, -0.1) is 0 Å². The number of imide groups is 1. The third kappa shape index (κ3) is 1.72. The van der Waals surface area contributed by atoms with Gasteiger partial charge in [-0.05, 0) is 61.7 Å². The molecule has 0 aromatic heterocycles. The Morgan fingerprint density at radius 2 is 1.65 bits per heavy atom. The predicted octanol–water partition coefficient (Wildman–Crippen LogP) is 1.96. The number of rotatable bonds is 2. The van der Waals surface area contributed by atoms with Crippen LogP contribution in [0.25, 0.3) is 0 Å². The molecule has 1 atom stereocenters. The molecule has 20 heavy (non-hydrogen) atoms. The van der Waals surface area contributed by atoms with Crippen LogP contribution in [0.1, 0.15) is 38.5 Å². The second-order valence-electron chi connectivity index (χ2n) is 7.32. The van der Waals surface area contributed by atoms with E-state index in [1.165, 1.54) is 37.0 Å². The van der Waals surface area contributed by atoms with Gasteiger partial charge in [0, 0.05) is 6.54 Å². The third-order valence-corrected chi connectivity index (χ3v) is 6.22. The summed E-state index contributed by atoms with van der Waals surface area (Å²) in [5.74, 6) is 2.66. The van der Waals surface area contributed by atoms with Crippen molar-refractivity contribution in [3.05, 3.63) is 0 Å². The molecule has 0 aromatic rings. The van der Waals surface area contributed by atoms with Crippen molar-refractivity contribution in [2.75, 3.05) is 6.54 Å². The first-order valence-corrected chi connectivity index (χ1v) is 7.89. The molecule has 0 aromatic carbocycles. The number of amides is 2. The van der Waals surface area contributed by atoms with Crippen LogP contribution in [0.2, 0.25) is 0 Å². The van der Waals surface area contributed by atoms with Crippen LogP contribution in [-0.2, 0) is 9.59 Å². The molecule has 5 rings (SSSR count). The van der Waals surface area contributed by atoms with E-state index >= 15 is 0 Å². The second kappa shape index (κ2) is 4.31. The average molecular weight is 272 g/mol. The summed E-state index contributed by atoms with van der Waals surface area (Å²) >= 11 is 0. The van der Waals surface area contributed by atoms with Crippen molar-refractivity contribution in [3.8, 4) is 6.07 Å². The minimum Gasteiger partial charge on any atom is -0.281 e. The molecule has 1 heterocycles. The van der Waals surface area contributed by atoms with Crippen LogP contribution in [0.5, 0.6) is 0 Å². The summed E-state index contributed by atoms with van der Waals surface area (Å²) in [5, 5.41) is 8.93. The first-order valence-electron chi connectivity index (χ1n) is 7.89. The molecular weight excluding hydrogens is 252 g/mol. The fourth-order valence-corrected chi connectivity index (χ4v) is 5.52. The van der Waals surface area contributed by atoms with E-state index in [4.69, 9.17) is 5.26 Å². The molecule has 0 N–H and O–H groups in total. The molecule has 1 saturated heterocycles. The van der Waals surface area contributed by atoms with Gasteiger partial charge in [-0.2, -0.15) is 5.26 Å². The average Bonchev–Trinajstić information content (AvgIpc) is 2.68. The van der Waals surface area contributed by atoms with Crippen LogP contribution in [0.4, 0.5) is 0 Å². The Morgan fingerprint density at radius 1 is 1.05 bits per heavy atom. The highest BCUT2D eigenvalue weighted by atomic mass is 16.2. The standard InChI is InChI=1S/C16H20N2O2/c17-7-13-6-15(19)18(16(13)20)8-14-11-2-9-1-10(4-11)5-12(14)3-9/h9-14H,1-6,8H2. The fourth-order valence-electron chi connectivity index (χ4n) is 5.52. The Morgan fingerprint density at radius 3 is 2.15 bits per heavy atom. The monoisotopic (exact) mass is 272 g/mol. The summed E-state index contributed by atoms with van der Waals surface area (Å²) in [6.07, 6.45) is 6.72. The van der Waals surface area contributed by atoms with E-state index < -0.39 is 5.92 Å². The van der Waals surface area contributed by atoms with E-state index in [1.807, 2.05) is 6.07 Å². The highest BCUT2D eigenvalue weighted by Crippen LogP contribution is 2.56. The van der Waals surface area contributed by atoms with Crippen molar-refractivity contribution >= 4 is 11.8 Å². The number of likely N-dealkylation sites (tertiary alicyclic amines) is 1. The lowest BCUT2D eigenvalue weighted by molar-refractivity contribution is -0.142. The van der Waals surface area contributed by atoms with Crippen molar-refractivity contribution in [3.63, 3.8) is 0 Å². The zero-order valence-corrected chi connectivity index (χ0v) is 11.6. The smallest absolute Gasteiger partial charge is 0.247 e. The van der Waals surface area contributed by atoms with Gasteiger partial charge in [-0.3, -0.25) is 14.5 Å². The van der Waals surface area contributed by atoms with E-state index in [0.29, 0.717) is 24.3 Å². The number of carbonyl (C=O) groups is 2. The number of nitrogens with zero attached hydrogens (tertiary/aromatic N) is 2. The van der Waals surface area contributed by atoms with Gasteiger partial charge in [0.05, 0.1) is 12.5 Å². The van der Waals surface area contributed by atoms with Crippen molar-refractivity contribution in [1.82, 2.24) is 4.90 Å². The Hall–Kier alpha value is -1.37. The van der Waals surface area contributed by atoms with Gasteiger partial charge in [0.2, 0.25) is 11.8 Å². The zero-order valence-electron chi connectivity index (χ0n) is 11.6. The van der Waals surface area contributed by atoms with Crippen LogP contribution in [0.15, 0.2) is 0 Å². The Kier molecular flexibility index (Phi) is 2.67. The number of hydrogen-bond acceptors (Lipinski definition) is 3. The highest BCUT2D eigenvalue weighted by molar-refractivity contribution is 6.04. The van der Waals surface area contributed by atoms with Crippen LogP contribution < -0.4 is 0 Å². The summed E-state index contributed by atoms with van der Waals surface area (Å²) in [7, 11) is 0. The summed E-state index contributed by atoms with van der Waals surface area (Å²) in [6, 6.07) is 1.96. The van der Waals surface area contributed by atoms with Crippen molar-refractivity contribution in [1.29, 1.82) is 5.26 Å².